The molecule has 0 saturated heterocycles. The number of hydrogen-bond acceptors (Lipinski definition) is 2. The predicted molar refractivity (Wildman–Crippen MR) is 77.7 cm³/mol. The van der Waals surface area contributed by atoms with Crippen LogP contribution in [0.2, 0.25) is 0 Å². The average Bonchev–Trinajstić information content (AvgIpc) is 2.42. The molecule has 0 aliphatic heterocycles. The molecular weight excluding hydrogens is 248 g/mol. The van der Waals surface area contributed by atoms with Crippen LogP contribution in [0.5, 0.6) is 0 Å². The lowest BCUT2D eigenvalue weighted by molar-refractivity contribution is -0.148. The molecule has 1 unspecified atom stereocenters. The van der Waals surface area contributed by atoms with E-state index < -0.39 is 0 Å². The molecule has 3 heteroatoms. The minimum atomic E-state index is -0.112. The Labute approximate surface area is 122 Å². The van der Waals surface area contributed by atoms with Crippen molar-refractivity contribution in [3.05, 3.63) is 0 Å². The molecule has 0 radical (unpaired) electrons. The highest BCUT2D eigenvalue weighted by molar-refractivity contribution is 5.77. The van der Waals surface area contributed by atoms with E-state index in [-0.39, 0.29) is 17.4 Å². The van der Waals surface area contributed by atoms with Gasteiger partial charge in [0, 0.05) is 19.0 Å². The molecular formula is C17H26N2O. The molecule has 4 fully saturated rings. The van der Waals surface area contributed by atoms with E-state index in [4.69, 9.17) is 5.26 Å². The molecule has 110 valence electrons. The maximum Gasteiger partial charge on any atom is 0.224 e. The molecule has 0 aromatic carbocycles. The molecule has 0 aromatic heterocycles. The molecule has 0 N–H and O–H groups in total. The lowest BCUT2D eigenvalue weighted by Crippen LogP contribution is -2.60. The van der Waals surface area contributed by atoms with Crippen LogP contribution in [0.4, 0.5) is 0 Å². The van der Waals surface area contributed by atoms with Crippen molar-refractivity contribution in [2.75, 3.05) is 7.05 Å². The summed E-state index contributed by atoms with van der Waals surface area (Å²) in [6.45, 7) is 1.99. The first-order valence-corrected chi connectivity index (χ1v) is 8.22. The summed E-state index contributed by atoms with van der Waals surface area (Å²) < 4.78 is 0. The summed E-state index contributed by atoms with van der Waals surface area (Å²) in [5, 5.41) is 9.07. The lowest BCUT2D eigenvalue weighted by Gasteiger charge is -2.59. The van der Waals surface area contributed by atoms with Gasteiger partial charge in [-0.25, -0.2) is 0 Å². The van der Waals surface area contributed by atoms with Gasteiger partial charge in [-0.05, 0) is 62.7 Å². The quantitative estimate of drug-likeness (QED) is 0.789. The average molecular weight is 274 g/mol. The van der Waals surface area contributed by atoms with Gasteiger partial charge in [0.2, 0.25) is 5.91 Å². The SMILES string of the molecule is CCC(C#N)CC(=O)N(C)C12CC3CC(CC(C3)C1)C2. The van der Waals surface area contributed by atoms with Crippen LogP contribution in [0, 0.1) is 35.0 Å². The number of carbonyl (C=O) groups excluding carboxylic acids is 1. The molecule has 4 aliphatic carbocycles. The minimum Gasteiger partial charge on any atom is -0.340 e. The van der Waals surface area contributed by atoms with Crippen LogP contribution in [0.3, 0.4) is 0 Å². The van der Waals surface area contributed by atoms with E-state index in [9.17, 15) is 4.79 Å². The maximum absolute atomic E-state index is 12.6. The van der Waals surface area contributed by atoms with Crippen molar-refractivity contribution in [1.82, 2.24) is 4.90 Å². The van der Waals surface area contributed by atoms with Crippen molar-refractivity contribution in [3.63, 3.8) is 0 Å². The van der Waals surface area contributed by atoms with Crippen LogP contribution in [-0.2, 0) is 4.79 Å². The van der Waals surface area contributed by atoms with E-state index in [1.165, 1.54) is 38.5 Å². The van der Waals surface area contributed by atoms with Gasteiger partial charge >= 0.3 is 0 Å². The third kappa shape index (κ3) is 2.24. The molecule has 1 atom stereocenters. The van der Waals surface area contributed by atoms with Gasteiger partial charge < -0.3 is 4.90 Å². The maximum atomic E-state index is 12.6. The molecule has 4 aliphatic rings. The fourth-order valence-electron chi connectivity index (χ4n) is 5.37. The van der Waals surface area contributed by atoms with Crippen LogP contribution in [0.1, 0.15) is 58.3 Å². The zero-order valence-electron chi connectivity index (χ0n) is 12.8. The predicted octanol–water partition coefficient (Wildman–Crippen LogP) is 3.35. The van der Waals surface area contributed by atoms with Crippen LogP contribution in [-0.4, -0.2) is 23.4 Å². The number of nitriles is 1. The Balaban J connectivity index is 1.72. The highest BCUT2D eigenvalue weighted by Crippen LogP contribution is 2.57. The molecule has 3 nitrogen and oxygen atoms in total. The number of rotatable bonds is 4. The first-order valence-electron chi connectivity index (χ1n) is 8.22. The Morgan fingerprint density at radius 3 is 2.15 bits per heavy atom. The van der Waals surface area contributed by atoms with E-state index in [2.05, 4.69) is 11.0 Å². The molecule has 4 bridgehead atoms. The Kier molecular flexibility index (Phi) is 3.52. The highest BCUT2D eigenvalue weighted by atomic mass is 16.2. The third-order valence-corrected chi connectivity index (χ3v) is 6.19. The summed E-state index contributed by atoms with van der Waals surface area (Å²) in [5.74, 6) is 2.65. The molecule has 0 spiro atoms. The monoisotopic (exact) mass is 274 g/mol. The molecule has 4 rings (SSSR count). The van der Waals surface area contributed by atoms with Gasteiger partial charge in [0.15, 0.2) is 0 Å². The van der Waals surface area contributed by atoms with E-state index in [0.29, 0.717) is 6.42 Å². The van der Waals surface area contributed by atoms with Crippen molar-refractivity contribution in [3.8, 4) is 6.07 Å². The standard InChI is InChI=1S/C17H26N2O/c1-3-12(11-18)7-16(20)19(2)17-8-13-4-14(9-17)6-15(5-13)10-17/h12-15H,3-10H2,1-2H3. The third-order valence-electron chi connectivity index (χ3n) is 6.19. The Hall–Kier alpha value is -1.04. The Morgan fingerprint density at radius 2 is 1.75 bits per heavy atom. The van der Waals surface area contributed by atoms with Crippen molar-refractivity contribution < 1.29 is 4.79 Å². The second-order valence-corrected chi connectivity index (χ2v) is 7.53. The van der Waals surface area contributed by atoms with E-state index in [1.54, 1.807) is 0 Å². The van der Waals surface area contributed by atoms with E-state index >= 15 is 0 Å². The number of amides is 1. The van der Waals surface area contributed by atoms with Gasteiger partial charge in [0.1, 0.15) is 0 Å². The molecule has 0 heterocycles. The van der Waals surface area contributed by atoms with E-state index in [0.717, 1.165) is 24.2 Å². The molecule has 20 heavy (non-hydrogen) atoms. The van der Waals surface area contributed by atoms with E-state index in [1.807, 2.05) is 14.0 Å². The van der Waals surface area contributed by atoms with Crippen molar-refractivity contribution >= 4 is 5.91 Å². The van der Waals surface area contributed by atoms with Crippen LogP contribution in [0.25, 0.3) is 0 Å². The Morgan fingerprint density at radius 1 is 1.25 bits per heavy atom. The first kappa shape index (κ1) is 13.9. The van der Waals surface area contributed by atoms with Crippen molar-refractivity contribution in [1.29, 1.82) is 5.26 Å². The summed E-state index contributed by atoms with van der Waals surface area (Å²) in [7, 11) is 2.00. The second kappa shape index (κ2) is 5.06. The normalized spacial score (nSPS) is 39.4. The van der Waals surface area contributed by atoms with Gasteiger partial charge in [-0.15, -0.1) is 0 Å². The minimum absolute atomic E-state index is 0.112. The van der Waals surface area contributed by atoms with Crippen LogP contribution >= 0.6 is 0 Å². The van der Waals surface area contributed by atoms with Crippen LogP contribution in [0.15, 0.2) is 0 Å². The summed E-state index contributed by atoms with van der Waals surface area (Å²) in [6.07, 6.45) is 9.02. The summed E-state index contributed by atoms with van der Waals surface area (Å²) in [6, 6.07) is 2.26. The van der Waals surface area contributed by atoms with Crippen LogP contribution < -0.4 is 0 Å². The van der Waals surface area contributed by atoms with Gasteiger partial charge in [0.05, 0.1) is 12.0 Å². The van der Waals surface area contributed by atoms with Gasteiger partial charge in [0.25, 0.3) is 0 Å². The first-order chi connectivity index (χ1) is 9.56. The second-order valence-electron chi connectivity index (χ2n) is 7.53. The number of carbonyl (C=O) groups is 1. The number of nitrogens with zero attached hydrogens (tertiary/aromatic N) is 2. The summed E-state index contributed by atoms with van der Waals surface area (Å²) >= 11 is 0. The largest absolute Gasteiger partial charge is 0.340 e. The topological polar surface area (TPSA) is 44.1 Å². The van der Waals surface area contributed by atoms with Crippen molar-refractivity contribution in [2.45, 2.75) is 63.8 Å². The Bertz CT molecular complexity index is 401. The van der Waals surface area contributed by atoms with Gasteiger partial charge in [-0.1, -0.05) is 6.92 Å². The zero-order chi connectivity index (χ0) is 14.3. The van der Waals surface area contributed by atoms with Gasteiger partial charge in [-0.3, -0.25) is 4.79 Å². The zero-order valence-corrected chi connectivity index (χ0v) is 12.8. The number of hydrogen-bond donors (Lipinski definition) is 0. The summed E-state index contributed by atoms with van der Waals surface area (Å²) in [4.78, 5) is 14.6. The molecule has 0 aromatic rings. The van der Waals surface area contributed by atoms with Gasteiger partial charge in [-0.2, -0.15) is 5.26 Å². The molecule has 4 saturated carbocycles. The fraction of sp³-hybridized carbons (Fsp3) is 0.882. The lowest BCUT2D eigenvalue weighted by atomic mass is 9.52. The highest BCUT2D eigenvalue weighted by Gasteiger charge is 2.53. The van der Waals surface area contributed by atoms with Crippen molar-refractivity contribution in [2.24, 2.45) is 23.7 Å². The molecule has 1 amide bonds. The summed E-state index contributed by atoms with van der Waals surface area (Å²) in [5.41, 5.74) is 0.138. The smallest absolute Gasteiger partial charge is 0.224 e. The fourth-order valence-corrected chi connectivity index (χ4v) is 5.37.